The van der Waals surface area contributed by atoms with Gasteiger partial charge in [0.1, 0.15) is 71.1 Å². The van der Waals surface area contributed by atoms with Crippen LogP contribution in [0.5, 0.6) is 34.5 Å². The second-order valence-corrected chi connectivity index (χ2v) is 34.6. The van der Waals surface area contributed by atoms with Gasteiger partial charge < -0.3 is 57.3 Å². The Bertz CT molecular complexity index is 4180. The molecule has 0 atom stereocenters. The molecule has 0 unspecified atom stereocenters. The van der Waals surface area contributed by atoms with Crippen molar-refractivity contribution in [1.29, 1.82) is 0 Å². The second kappa shape index (κ2) is 33.1. The van der Waals surface area contributed by atoms with Gasteiger partial charge in [0.2, 0.25) is 0 Å². The number of ether oxygens (including phenoxy) is 9. The summed E-state index contributed by atoms with van der Waals surface area (Å²) in [7, 11) is 4.32. The number of amides is 3. The van der Waals surface area contributed by atoms with Crippen LogP contribution in [0.15, 0.2) is 72.8 Å². The number of carbonyl (C=O) groups excluding carboxylic acids is 3. The van der Waals surface area contributed by atoms with Gasteiger partial charge in [-0.3, -0.25) is 35.2 Å². The molecular formula is C84H111N7O18. The topological polar surface area (TPSA) is 277 Å². The van der Waals surface area contributed by atoms with E-state index in [1.54, 1.807) is 56.2 Å². The lowest BCUT2D eigenvalue weighted by atomic mass is 9.80. The SMILES string of the molecule is COc1c2cc([N+](=O)[O-])cc1Cc1cc([N+](=O)[O-])cc(c1OC)Cc1cc(C(C)(C)C)cc3c1OCCN(C(=O)OC(C)(C)C)CCN1CCN(C(=O)OC(C)(C)C)CCOc4c(cc(C(C)(C)C)cc4Cc4cc(C(C)(C)C)cc(c4OCCN(C(=O)OC(C)(C)C)CC1)C3)Cc1cc([N+](=O)[O-])cc(c1OC)C2. The van der Waals surface area contributed by atoms with Crippen molar-refractivity contribution in [1.82, 2.24) is 19.6 Å². The number of non-ortho nitro benzene ring substituents is 3. The van der Waals surface area contributed by atoms with E-state index in [1.165, 1.54) is 57.7 Å². The molecule has 9 rings (SSSR count). The molecule has 0 N–H and O–H groups in total. The number of methoxy groups -OCH3 is 3. The summed E-state index contributed by atoms with van der Waals surface area (Å²) >= 11 is 0. The van der Waals surface area contributed by atoms with E-state index in [0.29, 0.717) is 50.6 Å². The third kappa shape index (κ3) is 21.3. The van der Waals surface area contributed by atoms with E-state index in [9.17, 15) is 44.7 Å². The summed E-state index contributed by atoms with van der Waals surface area (Å²) in [6, 6.07) is 20.9. The van der Waals surface area contributed by atoms with E-state index in [4.69, 9.17) is 42.6 Å². The van der Waals surface area contributed by atoms with Gasteiger partial charge in [-0.25, -0.2) is 14.4 Å². The van der Waals surface area contributed by atoms with Crippen LogP contribution in [0, 0.1) is 30.3 Å². The number of nitrogens with zero attached hydrogens (tertiary/aromatic N) is 7. The second-order valence-electron chi connectivity index (χ2n) is 34.6. The lowest BCUT2D eigenvalue weighted by Gasteiger charge is -2.34. The molecule has 0 saturated carbocycles. The van der Waals surface area contributed by atoms with E-state index >= 15 is 0 Å². The van der Waals surface area contributed by atoms with Crippen LogP contribution in [0.2, 0.25) is 0 Å². The van der Waals surface area contributed by atoms with Crippen molar-refractivity contribution in [3.05, 3.63) is 187 Å². The molecule has 25 nitrogen and oxygen atoms in total. The Hall–Kier alpha value is -9.91. The Balaban J connectivity index is 1.48. The smallest absolute Gasteiger partial charge is 0.410 e. The number of fused-ring (bicyclic) bond motifs is 12. The van der Waals surface area contributed by atoms with Crippen molar-refractivity contribution in [3.63, 3.8) is 0 Å². The zero-order chi connectivity index (χ0) is 80.2. The fourth-order valence-electron chi connectivity index (χ4n) is 14.0. The highest BCUT2D eigenvalue weighted by molar-refractivity contribution is 5.70. The first-order valence-corrected chi connectivity index (χ1v) is 37.4. The Morgan fingerprint density at radius 3 is 0.706 bits per heavy atom. The van der Waals surface area contributed by atoms with Crippen molar-refractivity contribution >= 4 is 35.3 Å². The van der Waals surface area contributed by atoms with Gasteiger partial charge in [-0.2, -0.15) is 0 Å². The van der Waals surface area contributed by atoms with Gasteiger partial charge >= 0.3 is 18.3 Å². The standard InChI is InChI=1S/C84H111N7O18/c1-79(2,3)64-40-52-34-54-42-65(80(4,5)6)44-56-36-58-46-67(89(95)96)48-60(70(58)101-19)38-62-50-69(91(99)100)51-63(72(62)103-21)39-61-49-68(90(97)98)47-59(71(61)102-20)37-57-45-66(81(7,8)9)43-55-35-53(41-64)73(52)104-31-28-86(76(92)107-82(10,11)12)25-22-85(23-26-87(29-32-105-74(54)56)77(93)108-83(13,14)15)24-27-88(30-33-106-75(55)57)78(94)109-84(16,17)18/h40-51H,22-39H2,1-21H3. The zero-order valence-electron chi connectivity index (χ0n) is 67.6. The van der Waals surface area contributed by atoms with Crippen LogP contribution in [0.1, 0.15) is 208 Å². The maximum Gasteiger partial charge on any atom is 0.410 e. The number of carbonyl (C=O) groups is 3. The third-order valence-corrected chi connectivity index (χ3v) is 19.4. The number of rotatable bonds is 6. The summed E-state index contributed by atoms with van der Waals surface area (Å²) in [4.78, 5) is 89.9. The number of hydrogen-bond acceptors (Lipinski definition) is 19. The molecule has 0 aromatic heterocycles. The van der Waals surface area contributed by atoms with Gasteiger partial charge in [0, 0.05) is 148 Å². The Labute approximate surface area is 641 Å². The molecule has 2 aliphatic heterocycles. The van der Waals surface area contributed by atoms with Crippen molar-refractivity contribution in [3.8, 4) is 34.5 Å². The van der Waals surface area contributed by atoms with Gasteiger partial charge in [-0.05, 0) is 129 Å². The lowest BCUT2D eigenvalue weighted by Crippen LogP contribution is -2.49. The highest BCUT2D eigenvalue weighted by atomic mass is 16.6. The largest absolute Gasteiger partial charge is 0.496 e. The average molecular weight is 1510 g/mol. The molecule has 0 spiro atoms. The van der Waals surface area contributed by atoms with E-state index in [0.717, 1.165) is 27.8 Å². The Kier molecular flexibility index (Phi) is 25.3. The highest BCUT2D eigenvalue weighted by Crippen LogP contribution is 2.46. The Morgan fingerprint density at radius 2 is 0.523 bits per heavy atom. The minimum absolute atomic E-state index is 0.00409. The normalized spacial score (nSPS) is 15.6. The van der Waals surface area contributed by atoms with Gasteiger partial charge in [0.15, 0.2) is 0 Å². The quantitative estimate of drug-likeness (QED) is 0.0647. The van der Waals surface area contributed by atoms with Crippen LogP contribution >= 0.6 is 0 Å². The van der Waals surface area contributed by atoms with Crippen molar-refractivity contribution < 1.29 is 71.8 Å². The molecule has 16 bridgehead atoms. The molecule has 109 heavy (non-hydrogen) atoms. The van der Waals surface area contributed by atoms with E-state index < -0.39 is 66.1 Å². The summed E-state index contributed by atoms with van der Waals surface area (Å²) in [5.74, 6) is 1.99. The monoisotopic (exact) mass is 1510 g/mol. The predicted molar refractivity (Wildman–Crippen MR) is 418 cm³/mol. The molecule has 3 amide bonds. The molecule has 1 aliphatic carbocycles. The minimum atomic E-state index is -0.928. The first-order valence-electron chi connectivity index (χ1n) is 37.4. The molecule has 0 fully saturated rings. The zero-order valence-corrected chi connectivity index (χ0v) is 67.6. The summed E-state index contributed by atoms with van der Waals surface area (Å²) in [6.45, 7) is 35.9. The third-order valence-electron chi connectivity index (χ3n) is 19.4. The maximum absolute atomic E-state index is 14.9. The number of nitro benzene ring substituents is 3. The molecular weight excluding hydrogens is 1390 g/mol. The van der Waals surface area contributed by atoms with Gasteiger partial charge in [0.25, 0.3) is 17.1 Å². The van der Waals surface area contributed by atoms with Crippen molar-refractivity contribution in [2.75, 3.05) is 100 Å². The van der Waals surface area contributed by atoms with E-state index in [2.05, 4.69) is 91.5 Å². The summed E-state index contributed by atoms with van der Waals surface area (Å²) < 4.78 is 59.5. The molecule has 0 radical (unpaired) electrons. The van der Waals surface area contributed by atoms with Crippen LogP contribution in [-0.4, -0.2) is 170 Å². The summed E-state index contributed by atoms with van der Waals surface area (Å²) in [5.41, 5.74) is 3.32. The first-order chi connectivity index (χ1) is 50.8. The number of hydrogen-bond donors (Lipinski definition) is 0. The van der Waals surface area contributed by atoms with Crippen LogP contribution < -0.4 is 28.4 Å². The van der Waals surface area contributed by atoms with E-state index in [1.807, 2.05) is 32.9 Å². The Morgan fingerprint density at radius 1 is 0.321 bits per heavy atom. The van der Waals surface area contributed by atoms with Gasteiger partial charge in [-0.15, -0.1) is 0 Å². The fraction of sp³-hybridized carbons (Fsp3) is 0.536. The average Bonchev–Trinajstić information content (AvgIpc) is 0.770. The first kappa shape index (κ1) is 83.1. The summed E-state index contributed by atoms with van der Waals surface area (Å²) in [5, 5.41) is 40.1. The molecule has 3 aliphatic rings. The van der Waals surface area contributed by atoms with Crippen LogP contribution in [-0.2, 0) is 69.0 Å². The molecule has 0 saturated heterocycles. The van der Waals surface area contributed by atoms with Crippen LogP contribution in [0.25, 0.3) is 0 Å². The molecule has 2 heterocycles. The van der Waals surface area contributed by atoms with E-state index in [-0.39, 0.29) is 174 Å². The molecule has 6 aromatic rings. The van der Waals surface area contributed by atoms with Gasteiger partial charge in [-0.1, -0.05) is 98.7 Å². The van der Waals surface area contributed by atoms with Crippen molar-refractivity contribution in [2.45, 2.75) is 196 Å². The highest BCUT2D eigenvalue weighted by Gasteiger charge is 2.34. The van der Waals surface area contributed by atoms with Crippen LogP contribution in [0.3, 0.4) is 0 Å². The predicted octanol–water partition coefficient (Wildman–Crippen LogP) is 16.4. The molecule has 590 valence electrons. The molecule has 6 aromatic carbocycles. The van der Waals surface area contributed by atoms with Crippen LogP contribution in [0.4, 0.5) is 31.4 Å². The lowest BCUT2D eigenvalue weighted by molar-refractivity contribution is -0.385. The summed E-state index contributed by atoms with van der Waals surface area (Å²) in [6.07, 6.45) is -1.98. The van der Waals surface area contributed by atoms with Gasteiger partial charge in [0.05, 0.1) is 55.7 Å². The fourth-order valence-corrected chi connectivity index (χ4v) is 14.0. The molecule has 25 heteroatoms. The number of benzene rings is 6. The number of nitro groups is 3. The van der Waals surface area contributed by atoms with Crippen molar-refractivity contribution in [2.24, 2.45) is 0 Å². The minimum Gasteiger partial charge on any atom is -0.496 e. The maximum atomic E-state index is 14.9.